The highest BCUT2D eigenvalue weighted by molar-refractivity contribution is 5.89. The van der Waals surface area contributed by atoms with E-state index in [1.807, 2.05) is 24.3 Å². The van der Waals surface area contributed by atoms with Gasteiger partial charge in [-0.05, 0) is 48.4 Å². The van der Waals surface area contributed by atoms with Crippen LogP contribution in [0.1, 0.15) is 21.5 Å². The molecular weight excluding hydrogens is 270 g/mol. The summed E-state index contributed by atoms with van der Waals surface area (Å²) in [6.07, 6.45) is 0. The highest BCUT2D eigenvalue weighted by atomic mass is 16.7. The summed E-state index contributed by atoms with van der Waals surface area (Å²) in [5.74, 6) is 0.613. The second-order valence-corrected chi connectivity index (χ2v) is 4.88. The van der Waals surface area contributed by atoms with Crippen molar-refractivity contribution < 1.29 is 19.4 Å². The predicted octanol–water partition coefficient (Wildman–Crippen LogP) is 3.03. The molecule has 0 aromatic heterocycles. The molecule has 0 unspecified atom stereocenters. The number of aryl methyl sites for hydroxylation is 1. The molecule has 0 radical (unpaired) electrons. The standard InChI is InChI=1S/C16H15NO4/c1-10-6-12(3-4-13(10)16(18)19)17-8-11-2-5-14-15(7-11)21-9-20-14/h2-7,17H,8-9H2,1H3,(H,18,19). The fourth-order valence-corrected chi connectivity index (χ4v) is 2.27. The highest BCUT2D eigenvalue weighted by Crippen LogP contribution is 2.32. The van der Waals surface area contributed by atoms with E-state index in [1.165, 1.54) is 0 Å². The molecule has 0 spiro atoms. The van der Waals surface area contributed by atoms with Crippen molar-refractivity contribution in [2.45, 2.75) is 13.5 Å². The first-order valence-electron chi connectivity index (χ1n) is 6.60. The van der Waals surface area contributed by atoms with Gasteiger partial charge >= 0.3 is 5.97 Å². The number of ether oxygens (including phenoxy) is 2. The highest BCUT2D eigenvalue weighted by Gasteiger charge is 2.13. The Bertz CT molecular complexity index is 697. The van der Waals surface area contributed by atoms with Crippen LogP contribution in [0.4, 0.5) is 5.69 Å². The van der Waals surface area contributed by atoms with Gasteiger partial charge in [0.1, 0.15) is 0 Å². The van der Waals surface area contributed by atoms with Gasteiger partial charge in [-0.25, -0.2) is 4.79 Å². The zero-order valence-corrected chi connectivity index (χ0v) is 11.6. The molecule has 2 N–H and O–H groups in total. The number of rotatable bonds is 4. The number of carboxylic acids is 1. The van der Waals surface area contributed by atoms with Crippen LogP contribution in [-0.2, 0) is 6.54 Å². The lowest BCUT2D eigenvalue weighted by Gasteiger charge is -2.09. The number of carboxylic acid groups (broad SMARTS) is 1. The number of nitrogens with one attached hydrogen (secondary N) is 1. The molecular formula is C16H15NO4. The maximum atomic E-state index is 11.0. The average molecular weight is 285 g/mol. The summed E-state index contributed by atoms with van der Waals surface area (Å²) in [6, 6.07) is 11.0. The van der Waals surface area contributed by atoms with Crippen LogP contribution in [0.5, 0.6) is 11.5 Å². The molecule has 0 aliphatic carbocycles. The van der Waals surface area contributed by atoms with E-state index >= 15 is 0 Å². The third-order valence-corrected chi connectivity index (χ3v) is 3.39. The first-order chi connectivity index (χ1) is 10.1. The van der Waals surface area contributed by atoms with Crippen molar-refractivity contribution in [3.63, 3.8) is 0 Å². The van der Waals surface area contributed by atoms with Crippen molar-refractivity contribution >= 4 is 11.7 Å². The largest absolute Gasteiger partial charge is 0.478 e. The molecule has 1 aliphatic heterocycles. The zero-order chi connectivity index (χ0) is 14.8. The summed E-state index contributed by atoms with van der Waals surface area (Å²) >= 11 is 0. The van der Waals surface area contributed by atoms with E-state index < -0.39 is 5.97 Å². The Balaban J connectivity index is 1.70. The molecule has 0 saturated heterocycles. The normalized spacial score (nSPS) is 12.2. The van der Waals surface area contributed by atoms with Crippen molar-refractivity contribution in [2.24, 2.45) is 0 Å². The lowest BCUT2D eigenvalue weighted by molar-refractivity contribution is 0.0696. The molecule has 5 heteroatoms. The van der Waals surface area contributed by atoms with Gasteiger partial charge in [-0.3, -0.25) is 0 Å². The SMILES string of the molecule is Cc1cc(NCc2ccc3c(c2)OCO3)ccc1C(=O)O. The maximum Gasteiger partial charge on any atom is 0.335 e. The minimum Gasteiger partial charge on any atom is -0.478 e. The molecule has 2 aromatic carbocycles. The van der Waals surface area contributed by atoms with Crippen LogP contribution in [0, 0.1) is 6.92 Å². The van der Waals surface area contributed by atoms with Crippen LogP contribution in [0.25, 0.3) is 0 Å². The van der Waals surface area contributed by atoms with Gasteiger partial charge in [0.05, 0.1) is 5.56 Å². The summed E-state index contributed by atoms with van der Waals surface area (Å²) in [6.45, 7) is 2.68. The Morgan fingerprint density at radius 1 is 1.19 bits per heavy atom. The van der Waals surface area contributed by atoms with Gasteiger partial charge in [0.25, 0.3) is 0 Å². The molecule has 2 aromatic rings. The summed E-state index contributed by atoms with van der Waals surface area (Å²) in [5, 5.41) is 12.3. The molecule has 1 heterocycles. The van der Waals surface area contributed by atoms with Crippen LogP contribution in [0.15, 0.2) is 36.4 Å². The Kier molecular flexibility index (Phi) is 3.39. The van der Waals surface area contributed by atoms with E-state index in [1.54, 1.807) is 19.1 Å². The second-order valence-electron chi connectivity index (χ2n) is 4.88. The summed E-state index contributed by atoms with van der Waals surface area (Å²) in [4.78, 5) is 11.0. The number of hydrogen-bond donors (Lipinski definition) is 2. The van der Waals surface area contributed by atoms with Gasteiger partial charge in [-0.1, -0.05) is 6.07 Å². The van der Waals surface area contributed by atoms with Crippen LogP contribution in [0.3, 0.4) is 0 Å². The van der Waals surface area contributed by atoms with E-state index in [9.17, 15) is 4.79 Å². The van der Waals surface area contributed by atoms with Gasteiger partial charge < -0.3 is 19.9 Å². The van der Waals surface area contributed by atoms with Crippen molar-refractivity contribution in [2.75, 3.05) is 12.1 Å². The van der Waals surface area contributed by atoms with E-state index in [0.717, 1.165) is 28.3 Å². The van der Waals surface area contributed by atoms with Gasteiger partial charge in [-0.2, -0.15) is 0 Å². The molecule has 3 rings (SSSR count). The molecule has 1 aliphatic rings. The molecule has 0 saturated carbocycles. The fourth-order valence-electron chi connectivity index (χ4n) is 2.27. The summed E-state index contributed by atoms with van der Waals surface area (Å²) in [5.41, 5.74) is 3.01. The maximum absolute atomic E-state index is 11.0. The van der Waals surface area contributed by atoms with Crippen LogP contribution in [-0.4, -0.2) is 17.9 Å². The van der Waals surface area contributed by atoms with Gasteiger partial charge in [-0.15, -0.1) is 0 Å². The second kappa shape index (κ2) is 5.36. The average Bonchev–Trinajstić information content (AvgIpc) is 2.92. The van der Waals surface area contributed by atoms with Crippen LogP contribution in [0.2, 0.25) is 0 Å². The van der Waals surface area contributed by atoms with E-state index in [2.05, 4.69) is 5.32 Å². The predicted molar refractivity (Wildman–Crippen MR) is 78.0 cm³/mol. The molecule has 0 amide bonds. The van der Waals surface area contributed by atoms with Crippen molar-refractivity contribution in [1.82, 2.24) is 0 Å². The van der Waals surface area contributed by atoms with Gasteiger partial charge in [0.15, 0.2) is 11.5 Å². The van der Waals surface area contributed by atoms with E-state index in [0.29, 0.717) is 12.1 Å². The van der Waals surface area contributed by atoms with Crippen LogP contribution < -0.4 is 14.8 Å². The minimum absolute atomic E-state index is 0.266. The minimum atomic E-state index is -0.908. The lowest BCUT2D eigenvalue weighted by atomic mass is 10.1. The van der Waals surface area contributed by atoms with Crippen molar-refractivity contribution in [3.8, 4) is 11.5 Å². The number of carbonyl (C=O) groups is 1. The lowest BCUT2D eigenvalue weighted by Crippen LogP contribution is -2.03. The monoisotopic (exact) mass is 285 g/mol. The Morgan fingerprint density at radius 2 is 2.00 bits per heavy atom. The first-order valence-corrected chi connectivity index (χ1v) is 6.60. The third kappa shape index (κ3) is 2.76. The Hall–Kier alpha value is -2.69. The molecule has 21 heavy (non-hydrogen) atoms. The zero-order valence-electron chi connectivity index (χ0n) is 11.6. The number of anilines is 1. The third-order valence-electron chi connectivity index (χ3n) is 3.39. The number of benzene rings is 2. The van der Waals surface area contributed by atoms with E-state index in [4.69, 9.17) is 14.6 Å². The first kappa shape index (κ1) is 13.3. The van der Waals surface area contributed by atoms with Crippen molar-refractivity contribution in [3.05, 3.63) is 53.1 Å². The van der Waals surface area contributed by atoms with Crippen LogP contribution >= 0.6 is 0 Å². The molecule has 5 nitrogen and oxygen atoms in total. The van der Waals surface area contributed by atoms with Crippen molar-refractivity contribution in [1.29, 1.82) is 0 Å². The molecule has 0 atom stereocenters. The van der Waals surface area contributed by atoms with Gasteiger partial charge in [0, 0.05) is 12.2 Å². The molecule has 108 valence electrons. The summed E-state index contributed by atoms with van der Waals surface area (Å²) < 4.78 is 10.6. The fraction of sp³-hybridized carbons (Fsp3) is 0.188. The molecule has 0 bridgehead atoms. The smallest absolute Gasteiger partial charge is 0.335 e. The topological polar surface area (TPSA) is 67.8 Å². The number of hydrogen-bond acceptors (Lipinski definition) is 4. The summed E-state index contributed by atoms with van der Waals surface area (Å²) in [7, 11) is 0. The Morgan fingerprint density at radius 3 is 2.76 bits per heavy atom. The number of fused-ring (bicyclic) bond motifs is 1. The quantitative estimate of drug-likeness (QED) is 0.903. The number of aromatic carboxylic acids is 1. The van der Waals surface area contributed by atoms with Gasteiger partial charge in [0.2, 0.25) is 6.79 Å². The Labute approximate surface area is 122 Å². The van der Waals surface area contributed by atoms with E-state index in [-0.39, 0.29) is 6.79 Å². The molecule has 0 fully saturated rings.